The highest BCUT2D eigenvalue weighted by Gasteiger charge is 2.43. The highest BCUT2D eigenvalue weighted by Crippen LogP contribution is 2.38. The lowest BCUT2D eigenvalue weighted by Crippen LogP contribution is -2.52. The molecule has 0 bridgehead atoms. The largest absolute Gasteiger partial charge is 0.359 e. The molecule has 1 N–H and O–H groups in total. The molecule has 1 aromatic carbocycles. The van der Waals surface area contributed by atoms with E-state index in [1.165, 1.54) is 22.4 Å². The van der Waals surface area contributed by atoms with Crippen LogP contribution >= 0.6 is 11.3 Å². The number of carbonyl (C=O) groups is 2. The third kappa shape index (κ3) is 3.72. The van der Waals surface area contributed by atoms with Crippen LogP contribution in [0.15, 0.2) is 41.8 Å². The molecule has 2 aliphatic rings. The predicted octanol–water partition coefficient (Wildman–Crippen LogP) is 4.11. The van der Waals surface area contributed by atoms with Gasteiger partial charge in [0.1, 0.15) is 0 Å². The Morgan fingerprint density at radius 2 is 1.86 bits per heavy atom. The molecule has 1 aliphatic heterocycles. The van der Waals surface area contributed by atoms with Crippen LogP contribution in [0.1, 0.15) is 37.7 Å². The minimum absolute atomic E-state index is 0.102. The number of benzene rings is 1. The Labute approximate surface area is 170 Å². The first-order chi connectivity index (χ1) is 13.6. The Balaban J connectivity index is 1.46. The van der Waals surface area contributed by atoms with Crippen molar-refractivity contribution in [1.29, 1.82) is 0 Å². The number of nitrogens with one attached hydrogen (secondary N) is 1. The zero-order valence-corrected chi connectivity index (χ0v) is 17.3. The maximum Gasteiger partial charge on any atom is 0.226 e. The summed E-state index contributed by atoms with van der Waals surface area (Å²) in [6.07, 6.45) is 5.44. The summed E-state index contributed by atoms with van der Waals surface area (Å²) in [7, 11) is 1.72. The molecule has 148 valence electrons. The van der Waals surface area contributed by atoms with Crippen molar-refractivity contribution >= 4 is 23.2 Å². The number of hydrogen-bond donors (Lipinski definition) is 1. The number of piperidine rings is 1. The van der Waals surface area contributed by atoms with Crippen LogP contribution in [-0.4, -0.2) is 36.9 Å². The van der Waals surface area contributed by atoms with Gasteiger partial charge < -0.3 is 10.2 Å². The van der Waals surface area contributed by atoms with E-state index >= 15 is 0 Å². The fraction of sp³-hybridized carbons (Fsp3) is 0.478. The number of likely N-dealkylation sites (tertiary alicyclic amines) is 1. The van der Waals surface area contributed by atoms with Gasteiger partial charge in [-0.15, -0.1) is 11.3 Å². The van der Waals surface area contributed by atoms with Crippen molar-refractivity contribution in [3.05, 3.63) is 47.3 Å². The van der Waals surface area contributed by atoms with Gasteiger partial charge in [-0.2, -0.15) is 0 Å². The van der Waals surface area contributed by atoms with Gasteiger partial charge in [-0.25, -0.2) is 0 Å². The van der Waals surface area contributed by atoms with Crippen LogP contribution in [0.5, 0.6) is 0 Å². The molecule has 1 saturated heterocycles. The molecule has 2 amide bonds. The van der Waals surface area contributed by atoms with Crippen LogP contribution in [0.3, 0.4) is 0 Å². The molecular formula is C23H28N2O2S. The molecule has 2 fully saturated rings. The van der Waals surface area contributed by atoms with E-state index < -0.39 is 5.41 Å². The van der Waals surface area contributed by atoms with E-state index in [-0.39, 0.29) is 11.8 Å². The van der Waals surface area contributed by atoms with Gasteiger partial charge in [0.25, 0.3) is 0 Å². The Morgan fingerprint density at radius 3 is 2.39 bits per heavy atom. The van der Waals surface area contributed by atoms with E-state index in [1.54, 1.807) is 18.4 Å². The molecule has 1 saturated carbocycles. The van der Waals surface area contributed by atoms with E-state index in [9.17, 15) is 9.59 Å². The standard InChI is InChI=1S/C23H28N2O2S/c1-24-22(27)23(11-13-25(14-12-23)21(26)19-4-2-5-19)16-17-7-9-18(10-8-17)20-6-3-15-28-20/h3,6-10,15,19H,2,4-5,11-14,16H2,1H3,(H,24,27). The van der Waals surface area contributed by atoms with Crippen molar-refractivity contribution in [1.82, 2.24) is 10.2 Å². The molecule has 0 spiro atoms. The highest BCUT2D eigenvalue weighted by atomic mass is 32.1. The average molecular weight is 397 g/mol. The van der Waals surface area contributed by atoms with Gasteiger partial charge in [0.2, 0.25) is 11.8 Å². The number of amides is 2. The van der Waals surface area contributed by atoms with Crippen LogP contribution in [0.4, 0.5) is 0 Å². The average Bonchev–Trinajstić information content (AvgIpc) is 3.22. The lowest BCUT2D eigenvalue weighted by atomic mass is 9.72. The van der Waals surface area contributed by atoms with E-state index in [0.29, 0.717) is 19.0 Å². The van der Waals surface area contributed by atoms with Crippen molar-refractivity contribution in [2.24, 2.45) is 11.3 Å². The summed E-state index contributed by atoms with van der Waals surface area (Å²) in [5.74, 6) is 0.639. The van der Waals surface area contributed by atoms with E-state index in [1.807, 2.05) is 4.90 Å². The molecule has 4 nitrogen and oxygen atoms in total. The second-order valence-corrected chi connectivity index (χ2v) is 9.11. The quantitative estimate of drug-likeness (QED) is 0.827. The first-order valence-electron chi connectivity index (χ1n) is 10.3. The predicted molar refractivity (Wildman–Crippen MR) is 113 cm³/mol. The summed E-state index contributed by atoms with van der Waals surface area (Å²) in [5, 5.41) is 4.96. The molecule has 0 unspecified atom stereocenters. The second kappa shape index (κ2) is 8.08. The Morgan fingerprint density at radius 1 is 1.14 bits per heavy atom. The monoisotopic (exact) mass is 396 g/mol. The fourth-order valence-electron chi connectivity index (χ4n) is 4.44. The first kappa shape index (κ1) is 19.2. The number of hydrogen-bond acceptors (Lipinski definition) is 3. The second-order valence-electron chi connectivity index (χ2n) is 8.16. The molecule has 2 heterocycles. The number of nitrogens with zero attached hydrogens (tertiary/aromatic N) is 1. The van der Waals surface area contributed by atoms with Crippen molar-refractivity contribution in [3.63, 3.8) is 0 Å². The molecular weight excluding hydrogens is 368 g/mol. The van der Waals surface area contributed by atoms with Crippen LogP contribution in [0.25, 0.3) is 10.4 Å². The van der Waals surface area contributed by atoms with E-state index in [2.05, 4.69) is 47.1 Å². The SMILES string of the molecule is CNC(=O)C1(Cc2ccc(-c3cccs3)cc2)CCN(C(=O)C2CCC2)CC1. The molecule has 5 heteroatoms. The summed E-state index contributed by atoms with van der Waals surface area (Å²) in [6, 6.07) is 12.8. The normalized spacial score (nSPS) is 19.1. The van der Waals surface area contributed by atoms with Crippen LogP contribution in [-0.2, 0) is 16.0 Å². The lowest BCUT2D eigenvalue weighted by molar-refractivity contribution is -0.144. The first-order valence-corrected chi connectivity index (χ1v) is 11.1. The van der Waals surface area contributed by atoms with Gasteiger partial charge in [0.05, 0.1) is 5.41 Å². The number of rotatable bonds is 5. The molecule has 1 aliphatic carbocycles. The molecule has 4 rings (SSSR count). The summed E-state index contributed by atoms with van der Waals surface area (Å²) >= 11 is 1.74. The summed E-state index contributed by atoms with van der Waals surface area (Å²) < 4.78 is 0. The molecule has 28 heavy (non-hydrogen) atoms. The minimum Gasteiger partial charge on any atom is -0.359 e. The molecule has 1 aromatic heterocycles. The molecule has 2 aromatic rings. The Kier molecular flexibility index (Phi) is 5.54. The van der Waals surface area contributed by atoms with Gasteiger partial charge in [-0.1, -0.05) is 36.8 Å². The van der Waals surface area contributed by atoms with Crippen molar-refractivity contribution in [3.8, 4) is 10.4 Å². The summed E-state index contributed by atoms with van der Waals surface area (Å²) in [6.45, 7) is 1.38. The van der Waals surface area contributed by atoms with E-state index in [0.717, 1.165) is 32.1 Å². The zero-order valence-electron chi connectivity index (χ0n) is 16.4. The van der Waals surface area contributed by atoms with Gasteiger partial charge in [0.15, 0.2) is 0 Å². The van der Waals surface area contributed by atoms with Crippen LogP contribution < -0.4 is 5.32 Å². The van der Waals surface area contributed by atoms with Gasteiger partial charge in [-0.3, -0.25) is 9.59 Å². The molecule has 0 radical (unpaired) electrons. The summed E-state index contributed by atoms with van der Waals surface area (Å²) in [5.41, 5.74) is 1.98. The third-order valence-electron chi connectivity index (χ3n) is 6.50. The van der Waals surface area contributed by atoms with Crippen molar-refractivity contribution < 1.29 is 9.59 Å². The maximum absolute atomic E-state index is 12.8. The van der Waals surface area contributed by atoms with Crippen molar-refractivity contribution in [2.75, 3.05) is 20.1 Å². The maximum atomic E-state index is 12.8. The van der Waals surface area contributed by atoms with Gasteiger partial charge >= 0.3 is 0 Å². The Hall–Kier alpha value is -2.14. The minimum atomic E-state index is -0.421. The molecule has 0 atom stereocenters. The lowest BCUT2D eigenvalue weighted by Gasteiger charge is -2.42. The zero-order chi connectivity index (χ0) is 19.6. The van der Waals surface area contributed by atoms with Crippen LogP contribution in [0.2, 0.25) is 0 Å². The van der Waals surface area contributed by atoms with Gasteiger partial charge in [-0.05, 0) is 54.7 Å². The summed E-state index contributed by atoms with van der Waals surface area (Å²) in [4.78, 5) is 28.6. The number of thiophene rings is 1. The van der Waals surface area contributed by atoms with Crippen LogP contribution in [0, 0.1) is 11.3 Å². The Bertz CT molecular complexity index is 817. The van der Waals surface area contributed by atoms with E-state index in [4.69, 9.17) is 0 Å². The third-order valence-corrected chi connectivity index (χ3v) is 7.42. The topological polar surface area (TPSA) is 49.4 Å². The smallest absolute Gasteiger partial charge is 0.226 e. The fourth-order valence-corrected chi connectivity index (χ4v) is 5.17. The highest BCUT2D eigenvalue weighted by molar-refractivity contribution is 7.13. The van der Waals surface area contributed by atoms with Gasteiger partial charge in [0, 0.05) is 30.9 Å². The van der Waals surface area contributed by atoms with Crippen molar-refractivity contribution in [2.45, 2.75) is 38.5 Å². The number of carbonyl (C=O) groups excluding carboxylic acids is 2.